The molecule has 5 N–H and O–H groups in total. The van der Waals surface area contributed by atoms with Gasteiger partial charge < -0.3 is 25.2 Å². The number of anilines is 1. The summed E-state index contributed by atoms with van der Waals surface area (Å²) in [5, 5.41) is 49.2. The quantitative estimate of drug-likeness (QED) is 0.0731. The minimum atomic E-state index is -0.664. The Balaban J connectivity index is 0.00000174. The molecule has 2 aromatic carbocycles. The number of benzene rings is 2. The Hall–Kier alpha value is -6.35. The van der Waals surface area contributed by atoms with Gasteiger partial charge in [0.2, 0.25) is 0 Å². The number of ether oxygens (including phenoxy) is 1. The molecule has 0 saturated carbocycles. The topological polar surface area (TPSA) is 205 Å². The molecule has 0 bridgehead atoms. The predicted molar refractivity (Wildman–Crippen MR) is 177 cm³/mol. The molecule has 0 atom stereocenters. The van der Waals surface area contributed by atoms with Crippen molar-refractivity contribution in [3.05, 3.63) is 95.2 Å². The Morgan fingerprint density at radius 3 is 2.39 bits per heavy atom. The van der Waals surface area contributed by atoms with Crippen LogP contribution >= 0.6 is 0 Å². The van der Waals surface area contributed by atoms with Crippen molar-refractivity contribution in [3.8, 4) is 45.9 Å². The Morgan fingerprint density at radius 2 is 1.80 bits per heavy atom. The van der Waals surface area contributed by atoms with Crippen LogP contribution in [0.3, 0.4) is 0 Å². The van der Waals surface area contributed by atoms with E-state index in [1.165, 1.54) is 37.7 Å². The molecule has 0 radical (unpaired) electrons. The summed E-state index contributed by atoms with van der Waals surface area (Å²) < 4.78 is 20.4. The van der Waals surface area contributed by atoms with Crippen LogP contribution in [0.4, 0.5) is 10.2 Å². The van der Waals surface area contributed by atoms with Gasteiger partial charge >= 0.3 is 0 Å². The minimum Gasteiger partial charge on any atom is -0.504 e. The van der Waals surface area contributed by atoms with Crippen LogP contribution in [0.5, 0.6) is 11.5 Å². The van der Waals surface area contributed by atoms with Crippen LogP contribution in [-0.4, -0.2) is 64.0 Å². The first-order chi connectivity index (χ1) is 23.8. The van der Waals surface area contributed by atoms with Crippen molar-refractivity contribution in [3.63, 3.8) is 0 Å². The van der Waals surface area contributed by atoms with Crippen LogP contribution < -0.4 is 20.4 Å². The number of hydrogen-bond donors (Lipinski definition) is 5. The van der Waals surface area contributed by atoms with E-state index in [9.17, 15) is 20.4 Å². The maximum Gasteiger partial charge on any atom is 0.290 e. The summed E-state index contributed by atoms with van der Waals surface area (Å²) in [4.78, 5) is 30.4. The van der Waals surface area contributed by atoms with Gasteiger partial charge in [0, 0.05) is 72.5 Å². The molecule has 4 aromatic rings. The Labute approximate surface area is 281 Å². The molecule has 3 heterocycles. The molecule has 2 aromatic heterocycles. The number of phenols is 1. The molecule has 0 spiro atoms. The third kappa shape index (κ3) is 8.72. The van der Waals surface area contributed by atoms with Gasteiger partial charge in [-0.1, -0.05) is 24.3 Å². The number of halogens is 1. The van der Waals surface area contributed by atoms with Crippen LogP contribution in [0.15, 0.2) is 67.0 Å². The fourth-order valence-electron chi connectivity index (χ4n) is 5.39. The second kappa shape index (κ2) is 17.0. The normalized spacial score (nSPS) is 12.7. The first-order valence-electron chi connectivity index (χ1n) is 14.9. The number of hydroxylamine groups is 1. The van der Waals surface area contributed by atoms with E-state index in [2.05, 4.69) is 21.4 Å². The Morgan fingerprint density at radius 1 is 1.08 bits per heavy atom. The average Bonchev–Trinajstić information content (AvgIpc) is 3.14. The van der Waals surface area contributed by atoms with Crippen molar-refractivity contribution in [1.29, 1.82) is 10.5 Å². The van der Waals surface area contributed by atoms with Crippen LogP contribution in [-0.2, 0) is 16.1 Å². The number of amides is 1. The molecule has 0 unspecified atom stereocenters. The molecule has 49 heavy (non-hydrogen) atoms. The number of methoxy groups -OCH3 is 1. The molecule has 1 fully saturated rings. The first-order valence-corrected chi connectivity index (χ1v) is 14.9. The van der Waals surface area contributed by atoms with Crippen LogP contribution in [0, 0.1) is 28.5 Å². The van der Waals surface area contributed by atoms with Crippen molar-refractivity contribution in [1.82, 2.24) is 20.8 Å². The number of hydrogen-bond acceptors (Lipinski definition) is 11. The highest BCUT2D eigenvalue weighted by Crippen LogP contribution is 2.42. The second-order valence-electron chi connectivity index (χ2n) is 10.7. The molecular formula is C35H32FN7O6. The molecule has 1 aliphatic rings. The number of phenolic OH excluding ortho intramolecular Hbond substituents is 1. The van der Waals surface area contributed by atoms with E-state index < -0.39 is 11.7 Å². The van der Waals surface area contributed by atoms with Gasteiger partial charge in [0.15, 0.2) is 11.5 Å². The van der Waals surface area contributed by atoms with Crippen molar-refractivity contribution < 1.29 is 34.1 Å². The molecule has 1 amide bonds. The molecule has 0 aliphatic carbocycles. The van der Waals surface area contributed by atoms with Crippen molar-refractivity contribution in [2.75, 3.05) is 25.1 Å². The number of aromatic nitrogens is 2. The van der Waals surface area contributed by atoms with Gasteiger partial charge in [0.05, 0.1) is 7.11 Å². The molecular weight excluding hydrogens is 633 g/mol. The number of nitriles is 2. The smallest absolute Gasteiger partial charge is 0.290 e. The zero-order valence-electron chi connectivity index (χ0n) is 26.3. The zero-order chi connectivity index (χ0) is 35.3. The number of aromatic hydroxyl groups is 1. The summed E-state index contributed by atoms with van der Waals surface area (Å²) in [6.07, 6.45) is 7.39. The summed E-state index contributed by atoms with van der Waals surface area (Å²) in [6.45, 7) is 1.65. The maximum atomic E-state index is 15.3. The predicted octanol–water partition coefficient (Wildman–Crippen LogP) is 4.39. The highest BCUT2D eigenvalue weighted by atomic mass is 19.1. The molecule has 5 rings (SSSR count). The number of nitrogens with zero attached hydrogens (tertiary/aromatic N) is 5. The number of carbonyl (C=O) groups excluding carboxylic acids is 1. The number of nitrogens with one attached hydrogen (secondary N) is 2. The molecule has 250 valence electrons. The van der Waals surface area contributed by atoms with E-state index in [1.54, 1.807) is 17.6 Å². The summed E-state index contributed by atoms with van der Waals surface area (Å²) >= 11 is 0. The van der Waals surface area contributed by atoms with Crippen molar-refractivity contribution in [2.45, 2.75) is 25.4 Å². The number of piperidine rings is 1. The average molecular weight is 666 g/mol. The zero-order valence-corrected chi connectivity index (χ0v) is 26.3. The lowest BCUT2D eigenvalue weighted by atomic mass is 9.92. The monoisotopic (exact) mass is 665 g/mol. The lowest BCUT2D eigenvalue weighted by Crippen LogP contribution is -2.42. The van der Waals surface area contributed by atoms with E-state index in [-0.39, 0.29) is 46.4 Å². The Kier molecular flexibility index (Phi) is 12.3. The first kappa shape index (κ1) is 35.5. The van der Waals surface area contributed by atoms with E-state index in [0.717, 1.165) is 30.0 Å². The molecule has 1 saturated heterocycles. The molecule has 1 aliphatic heterocycles. The second-order valence-corrected chi connectivity index (χ2v) is 10.7. The van der Waals surface area contributed by atoms with Crippen LogP contribution in [0.2, 0.25) is 0 Å². The summed E-state index contributed by atoms with van der Waals surface area (Å²) in [7, 11) is 1.33. The minimum absolute atomic E-state index is 0.0247. The fraction of sp³-hybridized carbons (Fsp3) is 0.200. The van der Waals surface area contributed by atoms with Gasteiger partial charge in [-0.25, -0.2) is 19.8 Å². The van der Waals surface area contributed by atoms with Gasteiger partial charge in [-0.2, -0.15) is 10.5 Å². The van der Waals surface area contributed by atoms with Crippen molar-refractivity contribution >= 4 is 24.3 Å². The number of carbonyl (C=O) groups is 2. The van der Waals surface area contributed by atoms with Gasteiger partial charge in [-0.05, 0) is 48.2 Å². The van der Waals surface area contributed by atoms with E-state index >= 15 is 4.39 Å². The van der Waals surface area contributed by atoms with Crippen molar-refractivity contribution in [2.24, 2.45) is 0 Å². The molecule has 14 heteroatoms. The lowest BCUT2D eigenvalue weighted by Gasteiger charge is -2.34. The summed E-state index contributed by atoms with van der Waals surface area (Å²) in [5.74, 6) is -1.09. The van der Waals surface area contributed by atoms with Gasteiger partial charge in [0.1, 0.15) is 35.0 Å². The Bertz CT molecular complexity index is 1900. The highest BCUT2D eigenvalue weighted by molar-refractivity contribution is 5.91. The van der Waals surface area contributed by atoms with E-state index in [4.69, 9.17) is 19.8 Å². The standard InChI is InChI=1S/C34H30FN7O4.CH2O2/c1-46-31-15-29(35)26(14-30(31)43)28-20-40-34(27(17-37)33(28)23-7-8-25(16-36)39-19-23)42-12-10-24(11-13-42)38-18-22-4-2-21(3-5-22)6-9-32(44)41-45;2-1-3/h2-9,14-15,19-20,24,38,43,45H,10-13,18H2,1H3,(H,41,44);1H,(H,2,3)/b9-6+;. The van der Waals surface area contributed by atoms with E-state index in [0.29, 0.717) is 36.6 Å². The van der Waals surface area contributed by atoms with Gasteiger partial charge in [0.25, 0.3) is 12.4 Å². The molecule has 13 nitrogen and oxygen atoms in total. The van der Waals surface area contributed by atoms with Gasteiger partial charge in [-0.3, -0.25) is 14.8 Å². The third-order valence-electron chi connectivity index (χ3n) is 7.80. The highest BCUT2D eigenvalue weighted by Gasteiger charge is 2.27. The van der Waals surface area contributed by atoms with Crippen LogP contribution in [0.1, 0.15) is 35.2 Å². The van der Waals surface area contributed by atoms with Crippen LogP contribution in [0.25, 0.3) is 28.3 Å². The van der Waals surface area contributed by atoms with E-state index in [1.807, 2.05) is 35.2 Å². The fourth-order valence-corrected chi connectivity index (χ4v) is 5.39. The SMILES string of the molecule is COc1cc(F)c(-c2cnc(N3CCC(NCc4ccc(/C=C/C(=O)NO)cc4)CC3)c(C#N)c2-c2ccc(C#N)nc2)cc1O.O=CO. The summed E-state index contributed by atoms with van der Waals surface area (Å²) in [5.41, 5.74) is 5.11. The lowest BCUT2D eigenvalue weighted by molar-refractivity contribution is -0.124. The largest absolute Gasteiger partial charge is 0.504 e. The number of rotatable bonds is 9. The van der Waals surface area contributed by atoms with Gasteiger partial charge in [-0.15, -0.1) is 0 Å². The maximum absolute atomic E-state index is 15.3. The number of pyridine rings is 2. The number of carboxylic acid groups (broad SMARTS) is 1. The third-order valence-corrected chi connectivity index (χ3v) is 7.80. The summed E-state index contributed by atoms with van der Waals surface area (Å²) in [6, 6.07) is 17.7.